The molecule has 0 saturated carbocycles. The van der Waals surface area contributed by atoms with Gasteiger partial charge in [-0.25, -0.2) is 4.79 Å². The first-order valence-electron chi connectivity index (χ1n) is 6.22. The van der Waals surface area contributed by atoms with E-state index in [9.17, 15) is 4.79 Å². The van der Waals surface area contributed by atoms with Crippen LogP contribution in [0.15, 0.2) is 29.9 Å². The van der Waals surface area contributed by atoms with Gasteiger partial charge in [0, 0.05) is 5.56 Å². The van der Waals surface area contributed by atoms with Gasteiger partial charge in [0.05, 0.1) is 26.9 Å². The number of ether oxygens (including phenoxy) is 3. The van der Waals surface area contributed by atoms with Gasteiger partial charge in [0.2, 0.25) is 0 Å². The van der Waals surface area contributed by atoms with Crippen molar-refractivity contribution < 1.29 is 19.0 Å². The topological polar surface area (TPSA) is 44.8 Å². The fourth-order valence-corrected chi connectivity index (χ4v) is 1.91. The molecule has 4 nitrogen and oxygen atoms in total. The lowest BCUT2D eigenvalue weighted by molar-refractivity contribution is -0.135. The highest BCUT2D eigenvalue weighted by Crippen LogP contribution is 2.30. The Labute approximate surface area is 119 Å². The third-order valence-electron chi connectivity index (χ3n) is 2.80. The second kappa shape index (κ2) is 7.38. The molecule has 1 aromatic rings. The molecule has 0 radical (unpaired) electrons. The highest BCUT2D eigenvalue weighted by Gasteiger charge is 2.11. The van der Waals surface area contributed by atoms with Crippen LogP contribution in [0.4, 0.5) is 0 Å². The minimum atomic E-state index is -0.398. The molecule has 0 unspecified atom stereocenters. The number of carbonyl (C=O) groups excluding carboxylic acids is 1. The molecule has 0 spiro atoms. The SMILES string of the molecule is C/C=C\C(=C/c1cc(OC)cc(C)c1OC)C(=O)OC. The Hall–Kier alpha value is -2.23. The summed E-state index contributed by atoms with van der Waals surface area (Å²) in [5.74, 6) is 1.02. The molecule has 0 saturated heterocycles. The standard InChI is InChI=1S/C16H20O4/c1-6-7-12(16(17)20-5)9-13-10-14(18-3)8-11(2)15(13)19-4/h6-10H,1-5H3/b7-6-,12-9+. The summed E-state index contributed by atoms with van der Waals surface area (Å²) in [7, 11) is 4.55. The van der Waals surface area contributed by atoms with Crippen LogP contribution >= 0.6 is 0 Å². The van der Waals surface area contributed by atoms with Crippen molar-refractivity contribution in [2.24, 2.45) is 0 Å². The molecule has 20 heavy (non-hydrogen) atoms. The zero-order chi connectivity index (χ0) is 15.1. The van der Waals surface area contributed by atoms with Crippen LogP contribution in [0.5, 0.6) is 11.5 Å². The van der Waals surface area contributed by atoms with Gasteiger partial charge in [-0.15, -0.1) is 0 Å². The van der Waals surface area contributed by atoms with E-state index in [2.05, 4.69) is 0 Å². The summed E-state index contributed by atoms with van der Waals surface area (Å²) < 4.78 is 15.4. The number of aryl methyl sites for hydroxylation is 1. The van der Waals surface area contributed by atoms with E-state index in [1.165, 1.54) is 7.11 Å². The average molecular weight is 276 g/mol. The fraction of sp³-hybridized carbons (Fsp3) is 0.312. The number of methoxy groups -OCH3 is 3. The van der Waals surface area contributed by atoms with Crippen LogP contribution in [0, 0.1) is 6.92 Å². The maximum atomic E-state index is 11.7. The Balaban J connectivity index is 3.42. The summed E-state index contributed by atoms with van der Waals surface area (Å²) in [4.78, 5) is 11.7. The molecular formula is C16H20O4. The molecule has 0 amide bonds. The van der Waals surface area contributed by atoms with Gasteiger partial charge in [-0.1, -0.05) is 12.2 Å². The molecule has 0 aromatic heterocycles. The highest BCUT2D eigenvalue weighted by molar-refractivity contribution is 5.97. The lowest BCUT2D eigenvalue weighted by Gasteiger charge is -2.12. The van der Waals surface area contributed by atoms with E-state index in [0.29, 0.717) is 17.1 Å². The van der Waals surface area contributed by atoms with Crippen molar-refractivity contribution in [1.29, 1.82) is 0 Å². The van der Waals surface area contributed by atoms with Gasteiger partial charge in [-0.2, -0.15) is 0 Å². The van der Waals surface area contributed by atoms with Crippen LogP contribution in [0.3, 0.4) is 0 Å². The van der Waals surface area contributed by atoms with E-state index in [1.54, 1.807) is 32.4 Å². The van der Waals surface area contributed by atoms with Gasteiger partial charge in [0.15, 0.2) is 0 Å². The van der Waals surface area contributed by atoms with Crippen LogP contribution in [0.1, 0.15) is 18.1 Å². The Morgan fingerprint density at radius 2 is 1.85 bits per heavy atom. The third-order valence-corrected chi connectivity index (χ3v) is 2.80. The van der Waals surface area contributed by atoms with Crippen LogP contribution in [-0.4, -0.2) is 27.3 Å². The van der Waals surface area contributed by atoms with Crippen molar-refractivity contribution in [2.45, 2.75) is 13.8 Å². The number of benzene rings is 1. The molecule has 0 bridgehead atoms. The van der Waals surface area contributed by atoms with Gasteiger partial charge in [-0.05, 0) is 37.6 Å². The molecule has 0 aliphatic carbocycles. The first-order chi connectivity index (χ1) is 9.57. The number of esters is 1. The molecular weight excluding hydrogens is 256 g/mol. The highest BCUT2D eigenvalue weighted by atomic mass is 16.5. The van der Waals surface area contributed by atoms with Crippen molar-refractivity contribution >= 4 is 12.0 Å². The first-order valence-corrected chi connectivity index (χ1v) is 6.22. The summed E-state index contributed by atoms with van der Waals surface area (Å²) in [6, 6.07) is 3.70. The first kappa shape index (κ1) is 15.8. The maximum Gasteiger partial charge on any atom is 0.337 e. The fourth-order valence-electron chi connectivity index (χ4n) is 1.91. The van der Waals surface area contributed by atoms with Crippen molar-refractivity contribution in [3.8, 4) is 11.5 Å². The molecule has 0 heterocycles. The van der Waals surface area contributed by atoms with Crippen molar-refractivity contribution in [3.05, 3.63) is 41.0 Å². The van der Waals surface area contributed by atoms with E-state index in [4.69, 9.17) is 14.2 Å². The van der Waals surface area contributed by atoms with Crippen LogP contribution in [-0.2, 0) is 9.53 Å². The quantitative estimate of drug-likeness (QED) is 0.471. The molecule has 108 valence electrons. The predicted octanol–water partition coefficient (Wildman–Crippen LogP) is 3.14. The number of carbonyl (C=O) groups is 1. The van der Waals surface area contributed by atoms with Crippen molar-refractivity contribution in [2.75, 3.05) is 21.3 Å². The zero-order valence-corrected chi connectivity index (χ0v) is 12.5. The number of allylic oxidation sites excluding steroid dienone is 1. The van der Waals surface area contributed by atoms with E-state index < -0.39 is 5.97 Å². The normalized spacial score (nSPS) is 11.6. The maximum absolute atomic E-state index is 11.7. The average Bonchev–Trinajstić information content (AvgIpc) is 2.45. The molecule has 0 aliphatic heterocycles. The van der Waals surface area contributed by atoms with E-state index in [1.807, 2.05) is 26.0 Å². The van der Waals surface area contributed by atoms with Crippen molar-refractivity contribution in [3.63, 3.8) is 0 Å². The van der Waals surface area contributed by atoms with Gasteiger partial charge in [-0.3, -0.25) is 0 Å². The Morgan fingerprint density at radius 1 is 1.15 bits per heavy atom. The summed E-state index contributed by atoms with van der Waals surface area (Å²) in [5.41, 5.74) is 2.14. The number of hydrogen-bond acceptors (Lipinski definition) is 4. The molecule has 1 rings (SSSR count). The van der Waals surface area contributed by atoms with E-state index in [0.717, 1.165) is 11.1 Å². The molecule has 1 aromatic carbocycles. The molecule has 0 aliphatic rings. The van der Waals surface area contributed by atoms with E-state index >= 15 is 0 Å². The van der Waals surface area contributed by atoms with Crippen molar-refractivity contribution in [1.82, 2.24) is 0 Å². The lowest BCUT2D eigenvalue weighted by atomic mass is 10.1. The summed E-state index contributed by atoms with van der Waals surface area (Å²) >= 11 is 0. The predicted molar refractivity (Wildman–Crippen MR) is 79.1 cm³/mol. The molecule has 0 fully saturated rings. The van der Waals surface area contributed by atoms with Crippen LogP contribution in [0.2, 0.25) is 0 Å². The second-order valence-corrected chi connectivity index (χ2v) is 4.16. The summed E-state index contributed by atoms with van der Waals surface area (Å²) in [6.45, 7) is 3.76. The summed E-state index contributed by atoms with van der Waals surface area (Å²) in [6.07, 6.45) is 5.20. The Kier molecular flexibility index (Phi) is 5.84. The van der Waals surface area contributed by atoms with Gasteiger partial charge >= 0.3 is 5.97 Å². The van der Waals surface area contributed by atoms with Gasteiger partial charge in [0.1, 0.15) is 11.5 Å². The Bertz CT molecular complexity index is 542. The van der Waals surface area contributed by atoms with Gasteiger partial charge in [0.25, 0.3) is 0 Å². The minimum Gasteiger partial charge on any atom is -0.497 e. The Morgan fingerprint density at radius 3 is 2.35 bits per heavy atom. The monoisotopic (exact) mass is 276 g/mol. The smallest absolute Gasteiger partial charge is 0.337 e. The lowest BCUT2D eigenvalue weighted by Crippen LogP contribution is -2.03. The third kappa shape index (κ3) is 3.63. The van der Waals surface area contributed by atoms with Crippen LogP contribution in [0.25, 0.3) is 6.08 Å². The van der Waals surface area contributed by atoms with Crippen LogP contribution < -0.4 is 9.47 Å². The molecule has 4 heteroatoms. The molecule has 0 atom stereocenters. The summed E-state index contributed by atoms with van der Waals surface area (Å²) in [5, 5.41) is 0. The molecule has 0 N–H and O–H groups in total. The van der Waals surface area contributed by atoms with E-state index in [-0.39, 0.29) is 0 Å². The minimum absolute atomic E-state index is 0.398. The largest absolute Gasteiger partial charge is 0.497 e. The second-order valence-electron chi connectivity index (χ2n) is 4.16. The number of hydrogen-bond donors (Lipinski definition) is 0. The zero-order valence-electron chi connectivity index (χ0n) is 12.5. The van der Waals surface area contributed by atoms with Gasteiger partial charge < -0.3 is 14.2 Å². The number of rotatable bonds is 5.